The lowest BCUT2D eigenvalue weighted by Crippen LogP contribution is -2.22. The number of carbonyl (C=O) groups is 2. The molecule has 0 saturated heterocycles. The summed E-state index contributed by atoms with van der Waals surface area (Å²) in [5.41, 5.74) is 7.67. The second-order valence-corrected chi connectivity index (χ2v) is 9.21. The molecule has 2 amide bonds. The summed E-state index contributed by atoms with van der Waals surface area (Å²) in [7, 11) is 1.61. The van der Waals surface area contributed by atoms with E-state index in [9.17, 15) is 9.59 Å². The standard InChI is InChI=1S/C32H28N2O3/c1-20-7-11-22(12-8-20)19-34-31(35)26-6-4-5-24(17-26)25-15-16-28-27(18-25)29(32(36)33-3)30(37-28)23-13-9-21(2)10-14-23/h4-18H,19H2,1-3H3,(H,33,36)(H,34,35). The Labute approximate surface area is 216 Å². The minimum Gasteiger partial charge on any atom is -0.455 e. The Hall–Kier alpha value is -4.64. The van der Waals surface area contributed by atoms with Gasteiger partial charge in [-0.25, -0.2) is 0 Å². The number of furan rings is 1. The lowest BCUT2D eigenvalue weighted by atomic mass is 9.98. The number of benzene rings is 4. The third-order valence-corrected chi connectivity index (χ3v) is 6.49. The maximum atomic E-state index is 12.9. The van der Waals surface area contributed by atoms with Crippen LogP contribution in [0.4, 0.5) is 0 Å². The third-order valence-electron chi connectivity index (χ3n) is 6.49. The number of nitrogens with one attached hydrogen (secondary N) is 2. The number of rotatable bonds is 6. The van der Waals surface area contributed by atoms with Crippen molar-refractivity contribution >= 4 is 22.8 Å². The lowest BCUT2D eigenvalue weighted by Gasteiger charge is -2.08. The lowest BCUT2D eigenvalue weighted by molar-refractivity contribution is 0.0947. The van der Waals surface area contributed by atoms with Gasteiger partial charge >= 0.3 is 0 Å². The van der Waals surface area contributed by atoms with Gasteiger partial charge in [0.05, 0.1) is 5.56 Å². The second-order valence-electron chi connectivity index (χ2n) is 9.21. The van der Waals surface area contributed by atoms with E-state index in [4.69, 9.17) is 4.42 Å². The molecular formula is C32H28N2O3. The molecule has 0 aliphatic carbocycles. The summed E-state index contributed by atoms with van der Waals surface area (Å²) in [6, 6.07) is 29.3. The maximum absolute atomic E-state index is 12.9. The number of amides is 2. The highest BCUT2D eigenvalue weighted by Gasteiger charge is 2.22. The zero-order valence-electron chi connectivity index (χ0n) is 21.1. The van der Waals surface area contributed by atoms with E-state index in [0.29, 0.717) is 29.0 Å². The van der Waals surface area contributed by atoms with Crippen LogP contribution in [0.5, 0.6) is 0 Å². The molecule has 0 fully saturated rings. The second kappa shape index (κ2) is 10.2. The van der Waals surface area contributed by atoms with E-state index in [1.165, 1.54) is 5.56 Å². The Morgan fingerprint density at radius 2 is 1.38 bits per heavy atom. The van der Waals surface area contributed by atoms with Crippen LogP contribution in [0.3, 0.4) is 0 Å². The van der Waals surface area contributed by atoms with Gasteiger partial charge in [0, 0.05) is 30.1 Å². The molecule has 0 aliphatic heterocycles. The van der Waals surface area contributed by atoms with Crippen molar-refractivity contribution < 1.29 is 14.0 Å². The molecule has 0 unspecified atom stereocenters. The Kier molecular flexibility index (Phi) is 6.60. The molecule has 0 spiro atoms. The molecule has 5 heteroatoms. The molecule has 0 bridgehead atoms. The van der Waals surface area contributed by atoms with Gasteiger partial charge in [-0.15, -0.1) is 0 Å². The van der Waals surface area contributed by atoms with Crippen molar-refractivity contribution in [1.82, 2.24) is 10.6 Å². The number of aryl methyl sites for hydroxylation is 2. The molecule has 1 aromatic heterocycles. The van der Waals surface area contributed by atoms with Gasteiger partial charge in [-0.2, -0.15) is 0 Å². The first kappa shape index (κ1) is 24.1. The predicted molar refractivity (Wildman–Crippen MR) is 148 cm³/mol. The highest BCUT2D eigenvalue weighted by Crippen LogP contribution is 2.36. The van der Waals surface area contributed by atoms with Gasteiger partial charge in [-0.05, 0) is 54.8 Å². The van der Waals surface area contributed by atoms with Crippen molar-refractivity contribution in [1.29, 1.82) is 0 Å². The van der Waals surface area contributed by atoms with E-state index in [-0.39, 0.29) is 11.8 Å². The molecule has 1 heterocycles. The summed E-state index contributed by atoms with van der Waals surface area (Å²) < 4.78 is 6.16. The molecule has 4 aromatic carbocycles. The van der Waals surface area contributed by atoms with E-state index in [0.717, 1.165) is 33.2 Å². The molecule has 184 valence electrons. The molecule has 5 aromatic rings. The Balaban J connectivity index is 1.47. The van der Waals surface area contributed by atoms with Crippen molar-refractivity contribution in [2.45, 2.75) is 20.4 Å². The number of fused-ring (bicyclic) bond motifs is 1. The van der Waals surface area contributed by atoms with Gasteiger partial charge < -0.3 is 15.1 Å². The van der Waals surface area contributed by atoms with Gasteiger partial charge in [-0.1, -0.05) is 77.9 Å². The summed E-state index contributed by atoms with van der Waals surface area (Å²) in [4.78, 5) is 25.8. The average molecular weight is 489 g/mol. The first-order valence-corrected chi connectivity index (χ1v) is 12.2. The van der Waals surface area contributed by atoms with E-state index >= 15 is 0 Å². The molecule has 0 aliphatic rings. The van der Waals surface area contributed by atoms with Crippen LogP contribution in [0, 0.1) is 13.8 Å². The van der Waals surface area contributed by atoms with Crippen LogP contribution < -0.4 is 10.6 Å². The first-order valence-electron chi connectivity index (χ1n) is 12.2. The fourth-order valence-corrected chi connectivity index (χ4v) is 4.37. The van der Waals surface area contributed by atoms with Crippen LogP contribution in [0.15, 0.2) is 95.4 Å². The quantitative estimate of drug-likeness (QED) is 0.280. The van der Waals surface area contributed by atoms with Crippen LogP contribution in [-0.2, 0) is 6.54 Å². The highest BCUT2D eigenvalue weighted by molar-refractivity contribution is 6.11. The topological polar surface area (TPSA) is 71.3 Å². The number of hydrogen-bond donors (Lipinski definition) is 2. The highest BCUT2D eigenvalue weighted by atomic mass is 16.3. The monoisotopic (exact) mass is 488 g/mol. The Bertz CT molecular complexity index is 1600. The predicted octanol–water partition coefficient (Wildman–Crippen LogP) is 6.67. The van der Waals surface area contributed by atoms with Crippen molar-refractivity contribution in [3.05, 3.63) is 119 Å². The molecule has 2 N–H and O–H groups in total. The smallest absolute Gasteiger partial charge is 0.255 e. The fraction of sp³-hybridized carbons (Fsp3) is 0.125. The minimum absolute atomic E-state index is 0.139. The van der Waals surface area contributed by atoms with Gasteiger partial charge in [0.15, 0.2) is 0 Å². The van der Waals surface area contributed by atoms with Crippen molar-refractivity contribution in [2.75, 3.05) is 7.05 Å². The van der Waals surface area contributed by atoms with Crippen LogP contribution >= 0.6 is 0 Å². The SMILES string of the molecule is CNC(=O)c1c(-c2ccc(C)cc2)oc2ccc(-c3cccc(C(=O)NCc4ccc(C)cc4)c3)cc12. The third kappa shape index (κ3) is 5.02. The summed E-state index contributed by atoms with van der Waals surface area (Å²) in [6.07, 6.45) is 0. The number of hydrogen-bond acceptors (Lipinski definition) is 3. The summed E-state index contributed by atoms with van der Waals surface area (Å²) in [5.74, 6) is 0.186. The van der Waals surface area contributed by atoms with E-state index < -0.39 is 0 Å². The maximum Gasteiger partial charge on any atom is 0.255 e. The molecule has 5 nitrogen and oxygen atoms in total. The zero-order chi connectivity index (χ0) is 25.9. The summed E-state index contributed by atoms with van der Waals surface area (Å²) in [5, 5.41) is 6.46. The molecule has 37 heavy (non-hydrogen) atoms. The molecule has 0 atom stereocenters. The van der Waals surface area contributed by atoms with Crippen LogP contribution in [0.1, 0.15) is 37.4 Å². The first-order chi connectivity index (χ1) is 17.9. The molecule has 5 rings (SSSR count). The average Bonchev–Trinajstić information content (AvgIpc) is 3.31. The summed E-state index contributed by atoms with van der Waals surface area (Å²) in [6.45, 7) is 4.52. The summed E-state index contributed by atoms with van der Waals surface area (Å²) >= 11 is 0. The Morgan fingerprint density at radius 1 is 0.730 bits per heavy atom. The number of carbonyl (C=O) groups excluding carboxylic acids is 2. The van der Waals surface area contributed by atoms with Crippen molar-refractivity contribution in [3.63, 3.8) is 0 Å². The minimum atomic E-state index is -0.212. The van der Waals surface area contributed by atoms with Crippen LogP contribution in [0.2, 0.25) is 0 Å². The van der Waals surface area contributed by atoms with Gasteiger partial charge in [0.1, 0.15) is 11.3 Å². The van der Waals surface area contributed by atoms with Crippen molar-refractivity contribution in [3.8, 4) is 22.5 Å². The van der Waals surface area contributed by atoms with Gasteiger partial charge in [-0.3, -0.25) is 9.59 Å². The van der Waals surface area contributed by atoms with Gasteiger partial charge in [0.25, 0.3) is 11.8 Å². The zero-order valence-corrected chi connectivity index (χ0v) is 21.1. The largest absolute Gasteiger partial charge is 0.455 e. The normalized spacial score (nSPS) is 10.9. The molecule has 0 saturated carbocycles. The molecule has 0 radical (unpaired) electrons. The van der Waals surface area contributed by atoms with Gasteiger partial charge in [0.2, 0.25) is 0 Å². The van der Waals surface area contributed by atoms with E-state index in [2.05, 4.69) is 10.6 Å². The van der Waals surface area contributed by atoms with Crippen LogP contribution in [-0.4, -0.2) is 18.9 Å². The van der Waals surface area contributed by atoms with E-state index in [1.54, 1.807) is 13.1 Å². The molecular weight excluding hydrogens is 460 g/mol. The Morgan fingerprint density at radius 3 is 2.08 bits per heavy atom. The fourth-order valence-electron chi connectivity index (χ4n) is 4.37. The van der Waals surface area contributed by atoms with Crippen molar-refractivity contribution in [2.24, 2.45) is 0 Å². The van der Waals surface area contributed by atoms with Crippen LogP contribution in [0.25, 0.3) is 33.4 Å². The van der Waals surface area contributed by atoms with E-state index in [1.807, 2.05) is 98.8 Å².